The van der Waals surface area contributed by atoms with Crippen LogP contribution in [-0.2, 0) is 28.2 Å². The number of aliphatic hydroxyl groups is 1. The third-order valence-corrected chi connectivity index (χ3v) is 7.82. The molecule has 0 fully saturated rings. The molecule has 0 heterocycles. The molecule has 0 amide bonds. The summed E-state index contributed by atoms with van der Waals surface area (Å²) < 4.78 is 26.2. The minimum absolute atomic E-state index is 0.107. The molecule has 10 heteroatoms. The Balaban J connectivity index is 4.21. The van der Waals surface area contributed by atoms with Gasteiger partial charge in [-0.05, 0) is 89.9 Å². The van der Waals surface area contributed by atoms with Crippen LogP contribution in [0.3, 0.4) is 0 Å². The van der Waals surface area contributed by atoms with Crippen molar-refractivity contribution in [2.24, 2.45) is 0 Å². The molecule has 9 nitrogen and oxygen atoms in total. The lowest BCUT2D eigenvalue weighted by molar-refractivity contribution is -0.161. The van der Waals surface area contributed by atoms with Crippen LogP contribution in [0.25, 0.3) is 0 Å². The molecule has 1 unspecified atom stereocenters. The van der Waals surface area contributed by atoms with E-state index < -0.39 is 32.5 Å². The van der Waals surface area contributed by atoms with Gasteiger partial charge in [-0.1, -0.05) is 130 Å². The Morgan fingerprint density at radius 2 is 1.00 bits per heavy atom. The maximum Gasteiger partial charge on any atom is 0.469 e. The highest BCUT2D eigenvalue weighted by Gasteiger charge is 2.22. The number of esters is 2. The molecule has 0 rings (SSSR count). The fourth-order valence-electron chi connectivity index (χ4n) is 4.53. The summed E-state index contributed by atoms with van der Waals surface area (Å²) in [5.74, 6) is -1.05. The van der Waals surface area contributed by atoms with Crippen LogP contribution in [0, 0.1) is 0 Å². The lowest BCUT2D eigenvalue weighted by Crippen LogP contribution is -2.29. The fourth-order valence-corrected chi connectivity index (χ4v) is 4.89. The van der Waals surface area contributed by atoms with Crippen LogP contribution in [0.4, 0.5) is 0 Å². The molecular formula is C43H67O9P. The molecule has 298 valence electrons. The van der Waals surface area contributed by atoms with Crippen LogP contribution in [0.1, 0.15) is 123 Å². The van der Waals surface area contributed by atoms with Crippen LogP contribution >= 0.6 is 7.82 Å². The van der Waals surface area contributed by atoms with Crippen molar-refractivity contribution in [1.29, 1.82) is 0 Å². The van der Waals surface area contributed by atoms with Crippen LogP contribution in [0.5, 0.6) is 0 Å². The number of carbonyl (C=O) groups excluding carboxylic acids is 2. The van der Waals surface area contributed by atoms with Gasteiger partial charge in [-0.15, -0.1) is 0 Å². The van der Waals surface area contributed by atoms with Crippen molar-refractivity contribution >= 4 is 19.8 Å². The van der Waals surface area contributed by atoms with Crippen molar-refractivity contribution in [3.8, 4) is 0 Å². The van der Waals surface area contributed by atoms with Gasteiger partial charge in [0.1, 0.15) is 6.61 Å². The summed E-state index contributed by atoms with van der Waals surface area (Å²) in [6, 6.07) is 0. The minimum atomic E-state index is -4.80. The Labute approximate surface area is 319 Å². The number of phosphoric acid groups is 1. The number of unbranched alkanes of at least 4 members (excludes halogenated alkanes) is 2. The van der Waals surface area contributed by atoms with Gasteiger partial charge in [0.2, 0.25) is 0 Å². The highest BCUT2D eigenvalue weighted by Crippen LogP contribution is 2.35. The zero-order valence-electron chi connectivity index (χ0n) is 32.2. The standard InChI is InChI=1S/C43H67O9P/c1-3-5-6-7-8-9-10-11-12-13-14-17-21-24-27-30-33-37-43(46)52-41(39-51-53(47,48)49)38-50-42(45)36-32-29-26-23-20-18-15-16-19-22-25-28-31-35-40(44)34-4-2/h5-6,8-9,11-12,14-15,17-19,22-24,26-28,31,40-41,44H,3-4,7,10,13,16,20-21,25,29-30,32-39H2,1-2H3,(H2,47,48,49)/b6-5-,9-8-,12-11-,17-14-,18-15-,22-19-,26-23-,27-24-,31-28-/t40?,41-/m1/s1. The summed E-state index contributed by atoms with van der Waals surface area (Å²) >= 11 is 0. The van der Waals surface area contributed by atoms with E-state index in [0.29, 0.717) is 32.1 Å². The van der Waals surface area contributed by atoms with E-state index in [4.69, 9.17) is 19.3 Å². The van der Waals surface area contributed by atoms with Crippen molar-refractivity contribution in [1.82, 2.24) is 0 Å². The number of aliphatic hydroxyl groups excluding tert-OH is 1. The monoisotopic (exact) mass is 758 g/mol. The molecule has 53 heavy (non-hydrogen) atoms. The van der Waals surface area contributed by atoms with E-state index in [1.165, 1.54) is 0 Å². The van der Waals surface area contributed by atoms with Crippen molar-refractivity contribution in [3.63, 3.8) is 0 Å². The van der Waals surface area contributed by atoms with Crippen LogP contribution < -0.4 is 0 Å². The number of rotatable bonds is 33. The number of hydrogen-bond donors (Lipinski definition) is 3. The molecule has 3 N–H and O–H groups in total. The van der Waals surface area contributed by atoms with E-state index >= 15 is 0 Å². The highest BCUT2D eigenvalue weighted by molar-refractivity contribution is 7.46. The second-order valence-electron chi connectivity index (χ2n) is 12.3. The van der Waals surface area contributed by atoms with Crippen molar-refractivity contribution < 1.29 is 43.0 Å². The molecular weight excluding hydrogens is 691 g/mol. The van der Waals surface area contributed by atoms with Crippen LogP contribution in [-0.4, -0.2) is 52.3 Å². The zero-order chi connectivity index (χ0) is 39.1. The number of carbonyl (C=O) groups is 2. The van der Waals surface area contributed by atoms with E-state index in [2.05, 4.69) is 97.4 Å². The van der Waals surface area contributed by atoms with Gasteiger partial charge in [0, 0.05) is 12.8 Å². The average Bonchev–Trinajstić information content (AvgIpc) is 3.12. The molecule has 0 aromatic carbocycles. The van der Waals surface area contributed by atoms with Gasteiger partial charge in [-0.25, -0.2) is 4.57 Å². The topological polar surface area (TPSA) is 140 Å². The van der Waals surface area contributed by atoms with Gasteiger partial charge in [-0.2, -0.15) is 0 Å². The molecule has 0 aliphatic heterocycles. The quantitative estimate of drug-likeness (QED) is 0.0258. The Hall–Kier alpha value is -3.33. The molecule has 0 saturated heterocycles. The fraction of sp³-hybridized carbons (Fsp3) is 0.535. The SMILES string of the molecule is CC/C=C\C/C=C\C/C=C\C/C=C\C/C=C\CCCC(=O)O[C@H](COC(=O)CCC/C=C\C/C=C\C/C=C\C/C=C\CC(O)CCC)COP(=O)(O)O. The molecule has 0 radical (unpaired) electrons. The van der Waals surface area contributed by atoms with Gasteiger partial charge in [0.25, 0.3) is 0 Å². The van der Waals surface area contributed by atoms with Crippen LogP contribution in [0.15, 0.2) is 109 Å². The molecule has 0 saturated carbocycles. The first-order valence-electron chi connectivity index (χ1n) is 19.3. The summed E-state index contributed by atoms with van der Waals surface area (Å²) in [6.45, 7) is 3.25. The Morgan fingerprint density at radius 1 is 0.585 bits per heavy atom. The Morgan fingerprint density at radius 3 is 1.43 bits per heavy atom. The van der Waals surface area contributed by atoms with Crippen LogP contribution in [0.2, 0.25) is 0 Å². The number of phosphoric ester groups is 1. The summed E-state index contributed by atoms with van der Waals surface area (Å²) in [6.07, 6.45) is 48.8. The number of hydrogen-bond acceptors (Lipinski definition) is 7. The summed E-state index contributed by atoms with van der Waals surface area (Å²) in [5, 5.41) is 9.70. The summed E-state index contributed by atoms with van der Waals surface area (Å²) in [4.78, 5) is 42.7. The third kappa shape index (κ3) is 39.7. The summed E-state index contributed by atoms with van der Waals surface area (Å²) in [5.41, 5.74) is 0. The molecule has 0 aromatic rings. The lowest BCUT2D eigenvalue weighted by atomic mass is 10.1. The second-order valence-corrected chi connectivity index (χ2v) is 13.6. The average molecular weight is 759 g/mol. The first kappa shape index (κ1) is 49.7. The summed E-state index contributed by atoms with van der Waals surface area (Å²) in [7, 11) is -4.80. The van der Waals surface area contributed by atoms with Crippen molar-refractivity contribution in [3.05, 3.63) is 109 Å². The lowest BCUT2D eigenvalue weighted by Gasteiger charge is -2.18. The van der Waals surface area contributed by atoms with E-state index in [0.717, 1.165) is 64.2 Å². The normalized spacial score (nSPS) is 14.3. The van der Waals surface area contributed by atoms with E-state index in [1.54, 1.807) is 0 Å². The van der Waals surface area contributed by atoms with Gasteiger partial charge in [-0.3, -0.25) is 14.1 Å². The Kier molecular flexibility index (Phi) is 34.7. The second kappa shape index (κ2) is 37.0. The maximum absolute atomic E-state index is 12.4. The molecule has 0 bridgehead atoms. The molecule has 0 aliphatic carbocycles. The number of ether oxygens (including phenoxy) is 2. The Bertz CT molecular complexity index is 1230. The van der Waals surface area contributed by atoms with Gasteiger partial charge >= 0.3 is 19.8 Å². The van der Waals surface area contributed by atoms with E-state index in [9.17, 15) is 19.3 Å². The molecule has 0 spiro atoms. The largest absolute Gasteiger partial charge is 0.469 e. The van der Waals surface area contributed by atoms with E-state index in [1.807, 2.05) is 30.4 Å². The predicted octanol–water partition coefficient (Wildman–Crippen LogP) is 10.6. The first-order chi connectivity index (χ1) is 25.7. The minimum Gasteiger partial charge on any atom is -0.462 e. The smallest absolute Gasteiger partial charge is 0.462 e. The molecule has 0 aliphatic rings. The third-order valence-electron chi connectivity index (χ3n) is 7.33. The van der Waals surface area contributed by atoms with Gasteiger partial charge in [0.05, 0.1) is 12.7 Å². The molecule has 2 atom stereocenters. The van der Waals surface area contributed by atoms with Gasteiger partial charge < -0.3 is 24.4 Å². The molecule has 0 aromatic heterocycles. The first-order valence-corrected chi connectivity index (χ1v) is 20.8. The maximum atomic E-state index is 12.4. The highest BCUT2D eigenvalue weighted by atomic mass is 31.2. The van der Waals surface area contributed by atoms with Crippen molar-refractivity contribution in [2.75, 3.05) is 13.2 Å². The number of allylic oxidation sites excluding steroid dienone is 17. The van der Waals surface area contributed by atoms with Crippen molar-refractivity contribution in [2.45, 2.75) is 135 Å². The van der Waals surface area contributed by atoms with E-state index in [-0.39, 0.29) is 25.6 Å². The predicted molar refractivity (Wildman–Crippen MR) is 217 cm³/mol. The van der Waals surface area contributed by atoms with Gasteiger partial charge in [0.15, 0.2) is 6.10 Å². The zero-order valence-corrected chi connectivity index (χ0v) is 33.1.